The van der Waals surface area contributed by atoms with E-state index in [0.717, 1.165) is 36.0 Å². The normalized spacial score (nSPS) is 29.5. The van der Waals surface area contributed by atoms with Gasteiger partial charge in [-0.15, -0.1) is 0 Å². The molecule has 1 amide bonds. The smallest absolute Gasteiger partial charge is 0.223 e. The first-order valence-corrected chi connectivity index (χ1v) is 7.11. The van der Waals surface area contributed by atoms with Crippen LogP contribution in [0.25, 0.3) is 0 Å². The Labute approximate surface area is 114 Å². The fraction of sp³-hybridized carbons (Fsp3) is 0.562. The largest absolute Gasteiger partial charge is 0.497 e. The van der Waals surface area contributed by atoms with Crippen LogP contribution in [0, 0.1) is 17.8 Å². The number of carbonyl (C=O) groups excluding carboxylic acids is 1. The lowest BCUT2D eigenvalue weighted by atomic mass is 10.0. The van der Waals surface area contributed by atoms with E-state index in [1.807, 2.05) is 31.2 Å². The summed E-state index contributed by atoms with van der Waals surface area (Å²) in [5.41, 5.74) is 1.09. The topological polar surface area (TPSA) is 38.3 Å². The first kappa shape index (κ1) is 12.5. The van der Waals surface area contributed by atoms with Crippen molar-refractivity contribution in [2.45, 2.75) is 32.2 Å². The van der Waals surface area contributed by atoms with E-state index in [-0.39, 0.29) is 17.9 Å². The zero-order chi connectivity index (χ0) is 13.4. The minimum Gasteiger partial charge on any atom is -0.497 e. The lowest BCUT2D eigenvalue weighted by Crippen LogP contribution is -2.32. The number of amides is 1. The Kier molecular flexibility index (Phi) is 3.21. The van der Waals surface area contributed by atoms with E-state index in [1.165, 1.54) is 6.42 Å². The Balaban J connectivity index is 1.60. The highest BCUT2D eigenvalue weighted by Crippen LogP contribution is 2.54. The van der Waals surface area contributed by atoms with Crippen molar-refractivity contribution in [2.75, 3.05) is 7.11 Å². The van der Waals surface area contributed by atoms with Gasteiger partial charge in [-0.3, -0.25) is 4.79 Å². The molecule has 0 saturated heterocycles. The minimum absolute atomic E-state index is 0.0412. The van der Waals surface area contributed by atoms with E-state index < -0.39 is 0 Å². The Hall–Kier alpha value is -1.51. The maximum atomic E-state index is 12.2. The van der Waals surface area contributed by atoms with E-state index in [2.05, 4.69) is 5.32 Å². The Morgan fingerprint density at radius 2 is 2.05 bits per heavy atom. The number of benzene rings is 1. The average Bonchev–Trinajstić information content (AvgIpc) is 3.05. The second-order valence-electron chi connectivity index (χ2n) is 5.93. The van der Waals surface area contributed by atoms with Crippen LogP contribution in [-0.4, -0.2) is 13.0 Å². The monoisotopic (exact) mass is 259 g/mol. The predicted octanol–water partition coefficient (Wildman–Crippen LogP) is 2.92. The molecular formula is C16H21NO2. The zero-order valence-electron chi connectivity index (χ0n) is 11.6. The number of ether oxygens (including phenoxy) is 1. The quantitative estimate of drug-likeness (QED) is 0.903. The van der Waals surface area contributed by atoms with Crippen molar-refractivity contribution in [3.8, 4) is 5.75 Å². The van der Waals surface area contributed by atoms with Crippen LogP contribution >= 0.6 is 0 Å². The molecule has 0 radical (unpaired) electrons. The first-order valence-electron chi connectivity index (χ1n) is 7.11. The number of methoxy groups -OCH3 is 1. The highest BCUT2D eigenvalue weighted by atomic mass is 16.5. The molecule has 3 atom stereocenters. The molecule has 0 aromatic heterocycles. The van der Waals surface area contributed by atoms with Gasteiger partial charge >= 0.3 is 0 Å². The fourth-order valence-corrected chi connectivity index (χ4v) is 3.25. The molecule has 19 heavy (non-hydrogen) atoms. The lowest BCUT2D eigenvalue weighted by molar-refractivity contribution is -0.125. The van der Waals surface area contributed by atoms with Crippen molar-refractivity contribution < 1.29 is 9.53 Å². The zero-order valence-corrected chi connectivity index (χ0v) is 11.6. The number of nitrogens with one attached hydrogen (secondary N) is 1. The van der Waals surface area contributed by atoms with Gasteiger partial charge in [0.2, 0.25) is 5.91 Å². The number of hydrogen-bond donors (Lipinski definition) is 1. The summed E-state index contributed by atoms with van der Waals surface area (Å²) in [7, 11) is 1.66. The fourth-order valence-electron chi connectivity index (χ4n) is 3.25. The van der Waals surface area contributed by atoms with Crippen LogP contribution in [0.5, 0.6) is 5.75 Å². The highest BCUT2D eigenvalue weighted by molar-refractivity contribution is 5.79. The Bertz CT molecular complexity index is 475. The molecule has 2 aliphatic carbocycles. The van der Waals surface area contributed by atoms with Crippen LogP contribution in [0.3, 0.4) is 0 Å². The maximum absolute atomic E-state index is 12.2. The molecular weight excluding hydrogens is 238 g/mol. The molecule has 0 spiro atoms. The molecule has 1 aromatic rings. The summed E-state index contributed by atoms with van der Waals surface area (Å²) in [6, 6.07) is 7.93. The van der Waals surface area contributed by atoms with Gasteiger partial charge in [-0.2, -0.15) is 0 Å². The number of hydrogen-bond acceptors (Lipinski definition) is 2. The molecule has 3 unspecified atom stereocenters. The average molecular weight is 259 g/mol. The summed E-state index contributed by atoms with van der Waals surface area (Å²) in [6.07, 6.45) is 3.55. The van der Waals surface area contributed by atoms with Gasteiger partial charge in [-0.25, -0.2) is 0 Å². The molecule has 3 nitrogen and oxygen atoms in total. The molecule has 1 N–H and O–H groups in total. The maximum Gasteiger partial charge on any atom is 0.223 e. The van der Waals surface area contributed by atoms with Gasteiger partial charge < -0.3 is 10.1 Å². The number of carbonyl (C=O) groups is 1. The van der Waals surface area contributed by atoms with Gasteiger partial charge in [-0.05, 0) is 55.7 Å². The molecule has 0 aliphatic heterocycles. The Morgan fingerprint density at radius 1 is 1.32 bits per heavy atom. The summed E-state index contributed by atoms with van der Waals surface area (Å²) in [6.45, 7) is 2.03. The third-order valence-corrected chi connectivity index (χ3v) is 4.57. The first-order chi connectivity index (χ1) is 9.17. The van der Waals surface area contributed by atoms with Crippen molar-refractivity contribution >= 4 is 5.91 Å². The van der Waals surface area contributed by atoms with Crippen molar-refractivity contribution in [3.05, 3.63) is 29.8 Å². The molecule has 3 rings (SSSR count). The molecule has 0 bridgehead atoms. The van der Waals surface area contributed by atoms with Gasteiger partial charge in [0, 0.05) is 5.92 Å². The van der Waals surface area contributed by atoms with E-state index in [4.69, 9.17) is 4.74 Å². The van der Waals surface area contributed by atoms with E-state index in [1.54, 1.807) is 7.11 Å². The SMILES string of the molecule is COc1cccc(C(C)NC(=O)C2CC3CC3C2)c1. The van der Waals surface area contributed by atoms with Crippen LogP contribution in [-0.2, 0) is 4.79 Å². The minimum atomic E-state index is 0.0412. The van der Waals surface area contributed by atoms with E-state index in [9.17, 15) is 4.79 Å². The molecule has 102 valence electrons. The van der Waals surface area contributed by atoms with E-state index >= 15 is 0 Å². The Morgan fingerprint density at radius 3 is 2.74 bits per heavy atom. The predicted molar refractivity (Wildman–Crippen MR) is 73.9 cm³/mol. The summed E-state index contributed by atoms with van der Waals surface area (Å²) in [5.74, 6) is 3.01. The van der Waals surface area contributed by atoms with Crippen LogP contribution in [0.4, 0.5) is 0 Å². The summed E-state index contributed by atoms with van der Waals surface area (Å²) in [4.78, 5) is 12.2. The molecule has 3 heteroatoms. The summed E-state index contributed by atoms with van der Waals surface area (Å²) < 4.78 is 5.22. The second-order valence-corrected chi connectivity index (χ2v) is 5.93. The van der Waals surface area contributed by atoms with Gasteiger partial charge in [0.1, 0.15) is 5.75 Å². The van der Waals surface area contributed by atoms with Crippen LogP contribution in [0.1, 0.15) is 37.8 Å². The number of fused-ring (bicyclic) bond motifs is 1. The van der Waals surface area contributed by atoms with Crippen molar-refractivity contribution in [1.82, 2.24) is 5.32 Å². The van der Waals surface area contributed by atoms with Gasteiger partial charge in [0.15, 0.2) is 0 Å². The van der Waals surface area contributed by atoms with Gasteiger partial charge in [-0.1, -0.05) is 12.1 Å². The third kappa shape index (κ3) is 2.60. The molecule has 0 heterocycles. The lowest BCUT2D eigenvalue weighted by Gasteiger charge is -2.18. The summed E-state index contributed by atoms with van der Waals surface area (Å²) in [5, 5.41) is 3.14. The standard InChI is InChI=1S/C16H21NO2/c1-10(11-4-3-5-15(9-11)19-2)17-16(18)14-7-12-6-13(12)8-14/h3-5,9-10,12-14H,6-8H2,1-2H3,(H,17,18). The highest BCUT2D eigenvalue weighted by Gasteiger charge is 2.48. The van der Waals surface area contributed by atoms with Crippen LogP contribution in [0.15, 0.2) is 24.3 Å². The van der Waals surface area contributed by atoms with E-state index in [0.29, 0.717) is 0 Å². The second kappa shape index (κ2) is 4.87. The van der Waals surface area contributed by atoms with Crippen molar-refractivity contribution in [1.29, 1.82) is 0 Å². The molecule has 2 fully saturated rings. The summed E-state index contributed by atoms with van der Waals surface area (Å²) >= 11 is 0. The molecule has 1 aromatic carbocycles. The number of rotatable bonds is 4. The van der Waals surface area contributed by atoms with Crippen LogP contribution < -0.4 is 10.1 Å². The third-order valence-electron chi connectivity index (χ3n) is 4.57. The van der Waals surface area contributed by atoms with Crippen molar-refractivity contribution in [3.63, 3.8) is 0 Å². The van der Waals surface area contributed by atoms with Gasteiger partial charge in [0.25, 0.3) is 0 Å². The molecule has 2 aliphatic rings. The van der Waals surface area contributed by atoms with Crippen LogP contribution in [0.2, 0.25) is 0 Å². The molecule has 2 saturated carbocycles. The van der Waals surface area contributed by atoms with Crippen molar-refractivity contribution in [2.24, 2.45) is 17.8 Å². The van der Waals surface area contributed by atoms with Gasteiger partial charge in [0.05, 0.1) is 13.2 Å².